The molecule has 0 radical (unpaired) electrons. The molecule has 1 unspecified atom stereocenters. The molecule has 0 aliphatic carbocycles. The largest absolute Gasteiger partial charge is 0.496 e. The van der Waals surface area contributed by atoms with Gasteiger partial charge in [0.2, 0.25) is 10.0 Å². The summed E-state index contributed by atoms with van der Waals surface area (Å²) in [7, 11) is -0.803. The lowest BCUT2D eigenvalue weighted by molar-refractivity contribution is 0.0659. The minimum atomic E-state index is -3.89. The molecule has 1 aliphatic rings. The molecule has 0 amide bonds. The van der Waals surface area contributed by atoms with Crippen LogP contribution in [0.4, 0.5) is 0 Å². The van der Waals surface area contributed by atoms with Gasteiger partial charge >= 0.3 is 0 Å². The predicted octanol–water partition coefficient (Wildman–Crippen LogP) is 4.04. The summed E-state index contributed by atoms with van der Waals surface area (Å²) < 4.78 is 46.4. The number of ether oxygens (including phenoxy) is 3. The van der Waals surface area contributed by atoms with Crippen molar-refractivity contribution in [1.82, 2.24) is 4.31 Å². The van der Waals surface area contributed by atoms with Gasteiger partial charge in [-0.3, -0.25) is 0 Å². The second kappa shape index (κ2) is 9.73. The average Bonchev–Trinajstić information content (AvgIpc) is 2.81. The van der Waals surface area contributed by atoms with Crippen molar-refractivity contribution < 1.29 is 22.6 Å². The van der Waals surface area contributed by atoms with Crippen molar-refractivity contribution in [2.75, 3.05) is 20.8 Å². The zero-order valence-electron chi connectivity index (χ0n) is 18.2. The number of benzene rings is 3. The highest BCUT2D eigenvalue weighted by atomic mass is 32.2. The van der Waals surface area contributed by atoms with E-state index in [0.29, 0.717) is 24.5 Å². The molecule has 3 aromatic carbocycles. The van der Waals surface area contributed by atoms with Crippen LogP contribution in [0.5, 0.6) is 11.5 Å². The van der Waals surface area contributed by atoms with Crippen LogP contribution in [-0.2, 0) is 34.3 Å². The molecule has 0 fully saturated rings. The number of methoxy groups -OCH3 is 2. The maximum atomic E-state index is 14.0. The zero-order valence-corrected chi connectivity index (χ0v) is 19.0. The van der Waals surface area contributed by atoms with Gasteiger partial charge in [0.25, 0.3) is 0 Å². The Morgan fingerprint density at radius 3 is 2.34 bits per heavy atom. The van der Waals surface area contributed by atoms with Crippen molar-refractivity contribution in [2.24, 2.45) is 0 Å². The first-order valence-electron chi connectivity index (χ1n) is 10.5. The van der Waals surface area contributed by atoms with Gasteiger partial charge in [0.1, 0.15) is 16.4 Å². The maximum absolute atomic E-state index is 14.0. The van der Waals surface area contributed by atoms with Gasteiger partial charge in [0, 0.05) is 12.1 Å². The van der Waals surface area contributed by atoms with Crippen molar-refractivity contribution in [3.63, 3.8) is 0 Å². The van der Waals surface area contributed by atoms with Crippen LogP contribution < -0.4 is 9.47 Å². The smallest absolute Gasteiger partial charge is 0.247 e. The van der Waals surface area contributed by atoms with Crippen LogP contribution in [-0.4, -0.2) is 39.6 Å². The quantitative estimate of drug-likeness (QED) is 0.564. The summed E-state index contributed by atoms with van der Waals surface area (Å²) in [4.78, 5) is 0.144. The Morgan fingerprint density at radius 2 is 1.59 bits per heavy atom. The molecule has 7 heteroatoms. The summed E-state index contributed by atoms with van der Waals surface area (Å²) in [6.45, 7) is 0.849. The van der Waals surface area contributed by atoms with Crippen LogP contribution in [0.15, 0.2) is 77.7 Å². The molecule has 0 bridgehead atoms. The van der Waals surface area contributed by atoms with E-state index in [4.69, 9.17) is 14.2 Å². The van der Waals surface area contributed by atoms with E-state index in [1.54, 1.807) is 31.4 Å². The summed E-state index contributed by atoms with van der Waals surface area (Å²) in [5, 5.41) is 0. The Morgan fingerprint density at radius 1 is 0.906 bits per heavy atom. The van der Waals surface area contributed by atoms with E-state index in [1.165, 1.54) is 11.4 Å². The lowest BCUT2D eigenvalue weighted by atomic mass is 10.0. The molecule has 0 saturated carbocycles. The minimum Gasteiger partial charge on any atom is -0.496 e. The molecule has 6 nitrogen and oxygen atoms in total. The van der Waals surface area contributed by atoms with Gasteiger partial charge in [-0.15, -0.1) is 0 Å². The number of rotatable bonds is 6. The molecule has 168 valence electrons. The fourth-order valence-corrected chi connectivity index (χ4v) is 5.82. The number of sulfonamides is 1. The standard InChI is InChI=1S/C25H27NO5S/c1-29-23-13-8-11-20-16-26(32(27,28)25-14-7-6-12-24(25)30-2)21(17-31-18-22(20)23)15-19-9-4-3-5-10-19/h3-14,21H,15-18H2,1-2H3. The third-order valence-corrected chi connectivity index (χ3v) is 7.65. The van der Waals surface area contributed by atoms with Crippen molar-refractivity contribution in [3.05, 3.63) is 89.5 Å². The van der Waals surface area contributed by atoms with Crippen LogP contribution in [0.25, 0.3) is 0 Å². The molecule has 1 heterocycles. The van der Waals surface area contributed by atoms with Crippen LogP contribution >= 0.6 is 0 Å². The van der Waals surface area contributed by atoms with E-state index in [9.17, 15) is 8.42 Å². The molecule has 0 aromatic heterocycles. The highest BCUT2D eigenvalue weighted by Gasteiger charge is 2.35. The fourth-order valence-electron chi connectivity index (χ4n) is 4.08. The van der Waals surface area contributed by atoms with Crippen LogP contribution in [0, 0.1) is 0 Å². The fraction of sp³-hybridized carbons (Fsp3) is 0.280. The Labute approximate surface area is 189 Å². The SMILES string of the molecule is COc1ccccc1S(=O)(=O)N1Cc2cccc(OC)c2COCC1Cc1ccccc1. The topological polar surface area (TPSA) is 65.1 Å². The first-order chi connectivity index (χ1) is 15.5. The van der Waals surface area contributed by atoms with E-state index in [0.717, 1.165) is 16.7 Å². The average molecular weight is 454 g/mol. The number of hydrogen-bond acceptors (Lipinski definition) is 5. The van der Waals surface area contributed by atoms with Gasteiger partial charge in [-0.05, 0) is 35.7 Å². The molecular formula is C25H27NO5S. The number of nitrogens with zero attached hydrogens (tertiary/aromatic N) is 1. The molecule has 32 heavy (non-hydrogen) atoms. The van der Waals surface area contributed by atoms with E-state index in [-0.39, 0.29) is 24.1 Å². The molecule has 0 N–H and O–H groups in total. The van der Waals surface area contributed by atoms with Crippen molar-refractivity contribution >= 4 is 10.0 Å². The van der Waals surface area contributed by atoms with Crippen molar-refractivity contribution in [3.8, 4) is 11.5 Å². The molecular weight excluding hydrogens is 426 g/mol. The molecule has 1 aliphatic heterocycles. The van der Waals surface area contributed by atoms with E-state index in [2.05, 4.69) is 0 Å². The van der Waals surface area contributed by atoms with Gasteiger partial charge < -0.3 is 14.2 Å². The summed E-state index contributed by atoms with van der Waals surface area (Å²) >= 11 is 0. The Kier molecular flexibility index (Phi) is 6.79. The van der Waals surface area contributed by atoms with Crippen LogP contribution in [0.3, 0.4) is 0 Å². The lowest BCUT2D eigenvalue weighted by Gasteiger charge is -2.34. The zero-order chi connectivity index (χ0) is 22.6. The Balaban J connectivity index is 1.81. The van der Waals surface area contributed by atoms with Gasteiger partial charge in [0.05, 0.1) is 33.5 Å². The minimum absolute atomic E-state index is 0.144. The van der Waals surface area contributed by atoms with Crippen molar-refractivity contribution in [1.29, 1.82) is 0 Å². The van der Waals surface area contributed by atoms with Gasteiger partial charge in [-0.1, -0.05) is 54.6 Å². The molecule has 0 saturated heterocycles. The number of para-hydroxylation sites is 1. The predicted molar refractivity (Wildman–Crippen MR) is 122 cm³/mol. The highest BCUT2D eigenvalue weighted by molar-refractivity contribution is 7.89. The molecule has 3 aromatic rings. The third kappa shape index (κ3) is 4.50. The van der Waals surface area contributed by atoms with E-state index < -0.39 is 10.0 Å². The second-order valence-electron chi connectivity index (χ2n) is 7.66. The third-order valence-electron chi connectivity index (χ3n) is 5.71. The Hall–Kier alpha value is -2.87. The summed E-state index contributed by atoms with van der Waals surface area (Å²) in [5.41, 5.74) is 2.78. The van der Waals surface area contributed by atoms with Gasteiger partial charge in [0.15, 0.2) is 0 Å². The molecule has 1 atom stereocenters. The number of hydrogen-bond donors (Lipinski definition) is 0. The monoisotopic (exact) mass is 453 g/mol. The van der Waals surface area contributed by atoms with Crippen LogP contribution in [0.2, 0.25) is 0 Å². The summed E-state index contributed by atoms with van der Waals surface area (Å²) in [6, 6.07) is 21.9. The highest BCUT2D eigenvalue weighted by Crippen LogP contribution is 2.33. The summed E-state index contributed by atoms with van der Waals surface area (Å²) in [6.07, 6.45) is 0.536. The second-order valence-corrected chi connectivity index (χ2v) is 9.52. The first-order valence-corrected chi connectivity index (χ1v) is 11.9. The maximum Gasteiger partial charge on any atom is 0.247 e. The summed E-state index contributed by atoms with van der Waals surface area (Å²) in [5.74, 6) is 1.01. The van der Waals surface area contributed by atoms with E-state index >= 15 is 0 Å². The Bertz CT molecular complexity index is 1160. The van der Waals surface area contributed by atoms with Crippen molar-refractivity contribution in [2.45, 2.75) is 30.5 Å². The molecule has 4 rings (SSSR count). The normalized spacial score (nSPS) is 17.1. The van der Waals surface area contributed by atoms with Gasteiger partial charge in [-0.25, -0.2) is 8.42 Å². The lowest BCUT2D eigenvalue weighted by Crippen LogP contribution is -2.45. The van der Waals surface area contributed by atoms with Crippen LogP contribution in [0.1, 0.15) is 16.7 Å². The van der Waals surface area contributed by atoms with E-state index in [1.807, 2.05) is 48.5 Å². The first kappa shape index (κ1) is 22.3. The molecule has 0 spiro atoms. The number of fused-ring (bicyclic) bond motifs is 1. The van der Waals surface area contributed by atoms with Gasteiger partial charge in [-0.2, -0.15) is 4.31 Å².